The molecule has 132 valence electrons. The fraction of sp³-hybridized carbons (Fsp3) is 0.350. The van der Waals surface area contributed by atoms with Crippen LogP contribution in [0.3, 0.4) is 0 Å². The van der Waals surface area contributed by atoms with E-state index in [9.17, 15) is 9.18 Å². The number of benzene rings is 2. The molecular formula is C20H23FN2O2. The average molecular weight is 342 g/mol. The van der Waals surface area contributed by atoms with E-state index in [4.69, 9.17) is 4.74 Å². The lowest BCUT2D eigenvalue weighted by atomic mass is 10.2. The van der Waals surface area contributed by atoms with Gasteiger partial charge >= 0.3 is 0 Å². The molecule has 0 radical (unpaired) electrons. The van der Waals surface area contributed by atoms with Crippen LogP contribution in [0, 0.1) is 12.7 Å². The number of aryl methyl sites for hydroxylation is 1. The highest BCUT2D eigenvalue weighted by atomic mass is 19.1. The first-order valence-corrected chi connectivity index (χ1v) is 8.56. The number of carbonyl (C=O) groups is 1. The minimum absolute atomic E-state index is 0.00186. The van der Waals surface area contributed by atoms with Crippen molar-refractivity contribution < 1.29 is 13.9 Å². The summed E-state index contributed by atoms with van der Waals surface area (Å²) in [6.07, 6.45) is -0.515. The number of para-hydroxylation sites is 1. The van der Waals surface area contributed by atoms with Crippen LogP contribution in [0.4, 0.5) is 10.1 Å². The topological polar surface area (TPSA) is 32.8 Å². The van der Waals surface area contributed by atoms with E-state index in [-0.39, 0.29) is 11.7 Å². The Kier molecular flexibility index (Phi) is 5.22. The van der Waals surface area contributed by atoms with E-state index in [0.29, 0.717) is 13.1 Å². The van der Waals surface area contributed by atoms with Crippen LogP contribution in [-0.2, 0) is 4.79 Å². The molecule has 0 N–H and O–H groups in total. The summed E-state index contributed by atoms with van der Waals surface area (Å²) in [5.41, 5.74) is 2.00. The van der Waals surface area contributed by atoms with Gasteiger partial charge in [-0.1, -0.05) is 18.2 Å². The Bertz CT molecular complexity index is 725. The Hall–Kier alpha value is -2.56. The number of rotatable bonds is 4. The van der Waals surface area contributed by atoms with Gasteiger partial charge in [0.15, 0.2) is 6.10 Å². The van der Waals surface area contributed by atoms with Crippen LogP contribution in [0.5, 0.6) is 5.75 Å². The van der Waals surface area contributed by atoms with Crippen molar-refractivity contribution in [2.75, 3.05) is 31.1 Å². The second-order valence-electron chi connectivity index (χ2n) is 6.31. The fourth-order valence-electron chi connectivity index (χ4n) is 3.02. The molecule has 1 unspecified atom stereocenters. The molecule has 5 heteroatoms. The van der Waals surface area contributed by atoms with Crippen molar-refractivity contribution in [1.29, 1.82) is 0 Å². The number of hydrogen-bond acceptors (Lipinski definition) is 3. The first-order valence-electron chi connectivity index (χ1n) is 8.56. The second kappa shape index (κ2) is 7.55. The van der Waals surface area contributed by atoms with E-state index in [2.05, 4.69) is 4.90 Å². The highest BCUT2D eigenvalue weighted by Gasteiger charge is 2.26. The van der Waals surface area contributed by atoms with Crippen LogP contribution >= 0.6 is 0 Å². The fourth-order valence-corrected chi connectivity index (χ4v) is 3.02. The van der Waals surface area contributed by atoms with E-state index < -0.39 is 6.10 Å². The maximum atomic E-state index is 13.0. The molecule has 4 nitrogen and oxygen atoms in total. The molecule has 0 saturated carbocycles. The van der Waals surface area contributed by atoms with Crippen molar-refractivity contribution in [3.8, 4) is 5.75 Å². The number of carbonyl (C=O) groups excluding carboxylic acids is 1. The summed E-state index contributed by atoms with van der Waals surface area (Å²) in [4.78, 5) is 16.6. The number of amides is 1. The molecule has 0 bridgehead atoms. The van der Waals surface area contributed by atoms with E-state index >= 15 is 0 Å². The van der Waals surface area contributed by atoms with E-state index in [0.717, 1.165) is 30.1 Å². The molecular weight excluding hydrogens is 319 g/mol. The van der Waals surface area contributed by atoms with Crippen LogP contribution in [0.25, 0.3) is 0 Å². The van der Waals surface area contributed by atoms with Crippen molar-refractivity contribution >= 4 is 11.6 Å². The van der Waals surface area contributed by atoms with Crippen molar-refractivity contribution in [1.82, 2.24) is 4.90 Å². The summed E-state index contributed by atoms with van der Waals surface area (Å²) in [7, 11) is 0. The Labute approximate surface area is 147 Å². The van der Waals surface area contributed by atoms with Gasteiger partial charge in [0.05, 0.1) is 0 Å². The normalized spacial score (nSPS) is 15.8. The molecule has 1 heterocycles. The molecule has 0 aromatic heterocycles. The van der Waals surface area contributed by atoms with Gasteiger partial charge in [-0.15, -0.1) is 0 Å². The number of hydrogen-bond donors (Lipinski definition) is 0. The first kappa shape index (κ1) is 17.3. The van der Waals surface area contributed by atoms with Gasteiger partial charge in [-0.05, 0) is 49.7 Å². The summed E-state index contributed by atoms with van der Waals surface area (Å²) < 4.78 is 18.9. The lowest BCUT2D eigenvalue weighted by Crippen LogP contribution is -2.52. The van der Waals surface area contributed by atoms with Gasteiger partial charge in [-0.2, -0.15) is 0 Å². The Morgan fingerprint density at radius 2 is 1.68 bits per heavy atom. The van der Waals surface area contributed by atoms with Crippen LogP contribution in [0.2, 0.25) is 0 Å². The van der Waals surface area contributed by atoms with E-state index in [1.54, 1.807) is 19.1 Å². The molecule has 2 aromatic rings. The zero-order valence-electron chi connectivity index (χ0n) is 14.6. The highest BCUT2D eigenvalue weighted by Crippen LogP contribution is 2.20. The van der Waals surface area contributed by atoms with Crippen LogP contribution in [0.1, 0.15) is 12.5 Å². The van der Waals surface area contributed by atoms with Crippen LogP contribution in [0.15, 0.2) is 48.5 Å². The third kappa shape index (κ3) is 4.10. The molecule has 1 aliphatic heterocycles. The summed E-state index contributed by atoms with van der Waals surface area (Å²) in [6.45, 7) is 6.49. The molecule has 25 heavy (non-hydrogen) atoms. The standard InChI is InChI=1S/C20H23FN2O2/c1-15-5-3-4-6-19(15)25-16(2)20(24)23-13-11-22(12-14-23)18-9-7-17(21)8-10-18/h3-10,16H,11-14H2,1-2H3. The van der Waals surface area contributed by atoms with E-state index in [1.807, 2.05) is 36.1 Å². The Balaban J connectivity index is 1.56. The van der Waals surface area contributed by atoms with Crippen molar-refractivity contribution in [3.63, 3.8) is 0 Å². The van der Waals surface area contributed by atoms with Gasteiger partial charge in [0.1, 0.15) is 11.6 Å². The van der Waals surface area contributed by atoms with Gasteiger partial charge in [0.25, 0.3) is 5.91 Å². The number of anilines is 1. The van der Waals surface area contributed by atoms with E-state index in [1.165, 1.54) is 12.1 Å². The van der Waals surface area contributed by atoms with Crippen molar-refractivity contribution in [3.05, 3.63) is 59.9 Å². The summed E-state index contributed by atoms with van der Waals surface area (Å²) in [6, 6.07) is 14.2. The number of piperazine rings is 1. The van der Waals surface area contributed by atoms with Crippen LogP contribution < -0.4 is 9.64 Å². The van der Waals surface area contributed by atoms with Gasteiger partial charge in [0.2, 0.25) is 0 Å². The molecule has 0 aliphatic carbocycles. The molecule has 0 spiro atoms. The first-order chi connectivity index (χ1) is 12.0. The molecule has 2 aromatic carbocycles. The average Bonchev–Trinajstić information content (AvgIpc) is 2.64. The summed E-state index contributed by atoms with van der Waals surface area (Å²) >= 11 is 0. The predicted octanol–water partition coefficient (Wildman–Crippen LogP) is 3.25. The lowest BCUT2D eigenvalue weighted by molar-refractivity contribution is -0.138. The SMILES string of the molecule is Cc1ccccc1OC(C)C(=O)N1CCN(c2ccc(F)cc2)CC1. The smallest absolute Gasteiger partial charge is 0.263 e. The lowest BCUT2D eigenvalue weighted by Gasteiger charge is -2.37. The monoisotopic (exact) mass is 342 g/mol. The van der Waals surface area contributed by atoms with Crippen molar-refractivity contribution in [2.45, 2.75) is 20.0 Å². The highest BCUT2D eigenvalue weighted by molar-refractivity contribution is 5.81. The molecule has 1 atom stereocenters. The van der Waals surface area contributed by atoms with Crippen LogP contribution in [-0.4, -0.2) is 43.1 Å². The molecule has 1 saturated heterocycles. The Morgan fingerprint density at radius 1 is 1.04 bits per heavy atom. The minimum Gasteiger partial charge on any atom is -0.481 e. The third-order valence-electron chi connectivity index (χ3n) is 4.53. The largest absolute Gasteiger partial charge is 0.481 e. The quantitative estimate of drug-likeness (QED) is 0.855. The molecule has 1 amide bonds. The third-order valence-corrected chi connectivity index (χ3v) is 4.53. The van der Waals surface area contributed by atoms with Gasteiger partial charge in [0, 0.05) is 31.9 Å². The number of halogens is 1. The van der Waals surface area contributed by atoms with Crippen molar-refractivity contribution in [2.24, 2.45) is 0 Å². The molecule has 1 aliphatic rings. The molecule has 3 rings (SSSR count). The number of ether oxygens (including phenoxy) is 1. The maximum absolute atomic E-state index is 13.0. The number of nitrogens with zero attached hydrogens (tertiary/aromatic N) is 2. The zero-order chi connectivity index (χ0) is 17.8. The summed E-state index contributed by atoms with van der Waals surface area (Å²) in [5, 5.41) is 0. The maximum Gasteiger partial charge on any atom is 0.263 e. The van der Waals surface area contributed by atoms with Gasteiger partial charge in [-0.25, -0.2) is 4.39 Å². The molecule has 1 fully saturated rings. The second-order valence-corrected chi connectivity index (χ2v) is 6.31. The van der Waals surface area contributed by atoms with Gasteiger partial charge < -0.3 is 14.5 Å². The minimum atomic E-state index is -0.515. The zero-order valence-corrected chi connectivity index (χ0v) is 14.6. The van der Waals surface area contributed by atoms with Gasteiger partial charge in [-0.3, -0.25) is 4.79 Å². The predicted molar refractivity (Wildman–Crippen MR) is 96.5 cm³/mol. The Morgan fingerprint density at radius 3 is 2.32 bits per heavy atom. The summed E-state index contributed by atoms with van der Waals surface area (Å²) in [5.74, 6) is 0.509.